The summed E-state index contributed by atoms with van der Waals surface area (Å²) in [5, 5.41) is 19.4. The van der Waals surface area contributed by atoms with Crippen LogP contribution in [0.4, 0.5) is 5.69 Å². The third-order valence-corrected chi connectivity index (χ3v) is 3.94. The molecule has 0 radical (unpaired) electrons. The van der Waals surface area contributed by atoms with Gasteiger partial charge in [0, 0.05) is 27.1 Å². The topological polar surface area (TPSA) is 80.4 Å². The molecule has 0 aromatic heterocycles. The molecule has 1 atom stereocenters. The first-order chi connectivity index (χ1) is 8.40. The zero-order valence-electron chi connectivity index (χ0n) is 9.63. The van der Waals surface area contributed by atoms with Gasteiger partial charge in [0.15, 0.2) is 0 Å². The van der Waals surface area contributed by atoms with E-state index in [2.05, 4.69) is 15.9 Å². The van der Waals surface area contributed by atoms with Crippen molar-refractivity contribution in [2.45, 2.75) is 24.3 Å². The Balaban J connectivity index is 2.72. The molecule has 0 aliphatic carbocycles. The molecule has 1 N–H and O–H groups in total. The third kappa shape index (κ3) is 4.66. The molecule has 0 heterocycles. The number of aliphatic carboxylic acids is 1. The summed E-state index contributed by atoms with van der Waals surface area (Å²) >= 11 is 4.58. The number of carboxylic acid groups (broad SMARTS) is 1. The molecule has 0 bridgehead atoms. The maximum Gasteiger partial charge on any atom is 0.304 e. The molecule has 1 unspecified atom stereocenters. The van der Waals surface area contributed by atoms with E-state index in [1.54, 1.807) is 19.1 Å². The summed E-state index contributed by atoms with van der Waals surface area (Å²) in [6, 6.07) is 4.88. The van der Waals surface area contributed by atoms with E-state index in [0.29, 0.717) is 15.8 Å². The third-order valence-electron chi connectivity index (χ3n) is 2.23. The van der Waals surface area contributed by atoms with Crippen LogP contribution in [0.5, 0.6) is 0 Å². The van der Waals surface area contributed by atoms with Crippen LogP contribution in [0.25, 0.3) is 0 Å². The van der Waals surface area contributed by atoms with Gasteiger partial charge in [0.1, 0.15) is 0 Å². The maximum atomic E-state index is 10.9. The molecule has 5 nitrogen and oxygen atoms in total. The lowest BCUT2D eigenvalue weighted by atomic mass is 10.2. The number of nitro groups is 1. The van der Waals surface area contributed by atoms with Crippen molar-refractivity contribution in [3.8, 4) is 0 Å². The summed E-state index contributed by atoms with van der Waals surface area (Å²) in [6.07, 6.45) is 0.0506. The average Bonchev–Trinajstić information content (AvgIpc) is 2.26. The first kappa shape index (κ1) is 15.0. The van der Waals surface area contributed by atoms with Crippen LogP contribution in [0.15, 0.2) is 22.7 Å². The molecule has 0 aliphatic rings. The minimum Gasteiger partial charge on any atom is -0.481 e. The Morgan fingerprint density at radius 1 is 1.61 bits per heavy atom. The van der Waals surface area contributed by atoms with Gasteiger partial charge in [0.2, 0.25) is 0 Å². The Kier molecular flexibility index (Phi) is 5.61. The van der Waals surface area contributed by atoms with Gasteiger partial charge in [-0.3, -0.25) is 14.9 Å². The predicted molar refractivity (Wildman–Crippen MR) is 73.8 cm³/mol. The van der Waals surface area contributed by atoms with E-state index in [9.17, 15) is 14.9 Å². The summed E-state index contributed by atoms with van der Waals surface area (Å²) in [5.41, 5.74) is 0.657. The summed E-state index contributed by atoms with van der Waals surface area (Å²) in [7, 11) is 0. The quantitative estimate of drug-likeness (QED) is 0.636. The molecule has 7 heteroatoms. The Morgan fingerprint density at radius 3 is 2.83 bits per heavy atom. The number of carbonyl (C=O) groups is 1. The molecule has 0 saturated carbocycles. The van der Waals surface area contributed by atoms with E-state index in [1.807, 2.05) is 0 Å². The van der Waals surface area contributed by atoms with Gasteiger partial charge in [-0.05, 0) is 6.07 Å². The minimum atomic E-state index is -0.861. The number of nitrogens with zero attached hydrogens (tertiary/aromatic N) is 1. The van der Waals surface area contributed by atoms with Crippen LogP contribution in [0, 0.1) is 10.1 Å². The van der Waals surface area contributed by atoms with Crippen molar-refractivity contribution in [3.05, 3.63) is 38.3 Å². The van der Waals surface area contributed by atoms with E-state index in [0.717, 1.165) is 0 Å². The van der Waals surface area contributed by atoms with Gasteiger partial charge in [-0.25, -0.2) is 0 Å². The first-order valence-corrected chi connectivity index (χ1v) is 7.00. The lowest BCUT2D eigenvalue weighted by Crippen LogP contribution is -2.06. The fourth-order valence-corrected chi connectivity index (χ4v) is 2.68. The highest BCUT2D eigenvalue weighted by Crippen LogP contribution is 2.29. The van der Waals surface area contributed by atoms with E-state index < -0.39 is 10.9 Å². The summed E-state index contributed by atoms with van der Waals surface area (Å²) < 4.78 is 0.654. The van der Waals surface area contributed by atoms with E-state index >= 15 is 0 Å². The predicted octanol–water partition coefficient (Wildman–Crippen LogP) is 3.45. The number of rotatable bonds is 6. The van der Waals surface area contributed by atoms with Crippen LogP contribution >= 0.6 is 27.7 Å². The zero-order chi connectivity index (χ0) is 13.7. The molecular weight excluding hydrogens is 322 g/mol. The van der Waals surface area contributed by atoms with Crippen LogP contribution < -0.4 is 0 Å². The van der Waals surface area contributed by atoms with Crippen LogP contribution in [0.2, 0.25) is 0 Å². The number of nitro benzene ring substituents is 1. The standard InChI is InChI=1S/C11H12BrNO4S/c1-7(4-11(14)15)18-6-8-2-3-9(12)5-10(8)13(16)17/h2-3,5,7H,4,6H2,1H3,(H,14,15). The molecule has 1 rings (SSSR count). The van der Waals surface area contributed by atoms with Gasteiger partial charge in [-0.1, -0.05) is 28.9 Å². The van der Waals surface area contributed by atoms with Gasteiger partial charge in [0.25, 0.3) is 5.69 Å². The number of benzene rings is 1. The Hall–Kier alpha value is -1.08. The Morgan fingerprint density at radius 2 is 2.28 bits per heavy atom. The van der Waals surface area contributed by atoms with Crippen LogP contribution in [-0.2, 0) is 10.5 Å². The number of halogens is 1. The van der Waals surface area contributed by atoms with Crippen molar-refractivity contribution >= 4 is 39.3 Å². The second-order valence-corrected chi connectivity index (χ2v) is 6.09. The van der Waals surface area contributed by atoms with Crippen molar-refractivity contribution in [2.24, 2.45) is 0 Å². The van der Waals surface area contributed by atoms with Gasteiger partial charge < -0.3 is 5.11 Å². The number of thioether (sulfide) groups is 1. The molecule has 98 valence electrons. The smallest absolute Gasteiger partial charge is 0.304 e. The minimum absolute atomic E-state index is 0.0506. The Bertz CT molecular complexity index is 466. The lowest BCUT2D eigenvalue weighted by molar-refractivity contribution is -0.385. The summed E-state index contributed by atoms with van der Waals surface area (Å²) in [6.45, 7) is 1.80. The monoisotopic (exact) mass is 333 g/mol. The first-order valence-electron chi connectivity index (χ1n) is 5.16. The maximum absolute atomic E-state index is 10.9. The Labute approximate surface area is 117 Å². The SMILES string of the molecule is CC(CC(=O)O)SCc1ccc(Br)cc1[N+](=O)[O-]. The summed E-state index contributed by atoms with van der Waals surface area (Å²) in [5.74, 6) is -0.432. The second kappa shape index (κ2) is 6.75. The van der Waals surface area contributed by atoms with Crippen molar-refractivity contribution in [3.63, 3.8) is 0 Å². The van der Waals surface area contributed by atoms with Crippen molar-refractivity contribution in [1.29, 1.82) is 0 Å². The molecule has 0 aliphatic heterocycles. The molecule has 18 heavy (non-hydrogen) atoms. The highest BCUT2D eigenvalue weighted by molar-refractivity contribution is 9.10. The average molecular weight is 334 g/mol. The van der Waals surface area contributed by atoms with Gasteiger partial charge in [-0.2, -0.15) is 11.8 Å². The van der Waals surface area contributed by atoms with Gasteiger partial charge >= 0.3 is 5.97 Å². The van der Waals surface area contributed by atoms with Crippen LogP contribution in [0.3, 0.4) is 0 Å². The highest BCUT2D eigenvalue weighted by Gasteiger charge is 2.16. The highest BCUT2D eigenvalue weighted by atomic mass is 79.9. The fraction of sp³-hybridized carbons (Fsp3) is 0.364. The zero-order valence-corrected chi connectivity index (χ0v) is 12.0. The molecular formula is C11H12BrNO4S. The van der Waals surface area contributed by atoms with E-state index in [-0.39, 0.29) is 17.4 Å². The van der Waals surface area contributed by atoms with Gasteiger partial charge in [0.05, 0.1) is 11.3 Å². The summed E-state index contributed by atoms with van der Waals surface area (Å²) in [4.78, 5) is 21.0. The molecule has 0 amide bonds. The molecule has 0 fully saturated rings. The molecule has 0 saturated heterocycles. The van der Waals surface area contributed by atoms with E-state index in [4.69, 9.17) is 5.11 Å². The normalized spacial score (nSPS) is 12.1. The van der Waals surface area contributed by atoms with Crippen molar-refractivity contribution in [2.75, 3.05) is 0 Å². The van der Waals surface area contributed by atoms with Gasteiger partial charge in [-0.15, -0.1) is 0 Å². The molecule has 1 aromatic rings. The fourth-order valence-electron chi connectivity index (χ4n) is 1.37. The van der Waals surface area contributed by atoms with Crippen LogP contribution in [-0.4, -0.2) is 21.2 Å². The van der Waals surface area contributed by atoms with E-state index in [1.165, 1.54) is 17.8 Å². The van der Waals surface area contributed by atoms with Crippen molar-refractivity contribution in [1.82, 2.24) is 0 Å². The van der Waals surface area contributed by atoms with Crippen molar-refractivity contribution < 1.29 is 14.8 Å². The lowest BCUT2D eigenvalue weighted by Gasteiger charge is -2.08. The number of carboxylic acids is 1. The molecule has 1 aromatic carbocycles. The largest absolute Gasteiger partial charge is 0.481 e. The second-order valence-electron chi connectivity index (χ2n) is 3.75. The molecule has 0 spiro atoms. The van der Waals surface area contributed by atoms with Crippen LogP contribution in [0.1, 0.15) is 18.9 Å². The number of hydrogen-bond donors (Lipinski definition) is 1. The number of hydrogen-bond acceptors (Lipinski definition) is 4.